The molecule has 0 amide bonds. The van der Waals surface area contributed by atoms with E-state index < -0.39 is 10.1 Å². The quantitative estimate of drug-likeness (QED) is 0.468. The summed E-state index contributed by atoms with van der Waals surface area (Å²) < 4.78 is 25.9. The maximum Gasteiger partial charge on any atom is 0.267 e. The fourth-order valence-corrected chi connectivity index (χ4v) is 2.47. The van der Waals surface area contributed by atoms with Crippen molar-refractivity contribution >= 4 is 10.1 Å². The molecule has 3 nitrogen and oxygen atoms in total. The average Bonchev–Trinajstić information content (AvgIpc) is 1.79. The van der Waals surface area contributed by atoms with Crippen LogP contribution in [0, 0.1) is 5.92 Å². The van der Waals surface area contributed by atoms with Gasteiger partial charge in [0.2, 0.25) is 0 Å². The minimum Gasteiger partial charge on any atom is -0.267 e. The second-order valence-corrected chi connectivity index (χ2v) is 4.14. The molecule has 0 N–H and O–H groups in total. The van der Waals surface area contributed by atoms with Crippen LogP contribution in [0.2, 0.25) is 0 Å². The van der Waals surface area contributed by atoms with Crippen LogP contribution >= 0.6 is 0 Å². The van der Waals surface area contributed by atoms with E-state index in [1.165, 1.54) is 0 Å². The minimum atomic E-state index is -3.14. The Bertz CT molecular complexity index is 178. The minimum absolute atomic E-state index is 0.130. The fraction of sp³-hybridized carbons (Fsp3) is 1.00. The molecule has 2 atom stereocenters. The highest BCUT2D eigenvalue weighted by Gasteiger charge is 2.32. The highest BCUT2D eigenvalue weighted by atomic mass is 32.2. The van der Waals surface area contributed by atoms with E-state index in [1.54, 1.807) is 6.92 Å². The first-order valence-electron chi connectivity index (χ1n) is 2.92. The zero-order valence-corrected chi connectivity index (χ0v) is 6.31. The SMILES string of the molecule is CC1CS(=O)(=O)OC1C. The van der Waals surface area contributed by atoms with Gasteiger partial charge in [-0.25, -0.2) is 0 Å². The van der Waals surface area contributed by atoms with Crippen LogP contribution in [0.25, 0.3) is 0 Å². The van der Waals surface area contributed by atoms with Crippen molar-refractivity contribution < 1.29 is 12.6 Å². The third-order valence-corrected chi connectivity index (χ3v) is 3.10. The van der Waals surface area contributed by atoms with Gasteiger partial charge in [-0.15, -0.1) is 0 Å². The normalized spacial score (nSPS) is 41.1. The summed E-state index contributed by atoms with van der Waals surface area (Å²) in [6.45, 7) is 3.64. The molecule has 1 aliphatic rings. The van der Waals surface area contributed by atoms with Gasteiger partial charge in [0.25, 0.3) is 10.1 Å². The van der Waals surface area contributed by atoms with E-state index in [2.05, 4.69) is 4.18 Å². The fourth-order valence-electron chi connectivity index (χ4n) is 0.823. The zero-order chi connectivity index (χ0) is 7.07. The summed E-state index contributed by atoms with van der Waals surface area (Å²) in [6.07, 6.45) is -0.130. The first kappa shape index (κ1) is 7.02. The highest BCUT2D eigenvalue weighted by molar-refractivity contribution is 7.86. The monoisotopic (exact) mass is 150 g/mol. The van der Waals surface area contributed by atoms with Crippen molar-refractivity contribution in [2.75, 3.05) is 5.75 Å². The molecule has 0 aromatic heterocycles. The van der Waals surface area contributed by atoms with Crippen LogP contribution in [0.15, 0.2) is 0 Å². The second kappa shape index (κ2) is 1.95. The van der Waals surface area contributed by atoms with Crippen LogP contribution in [0.5, 0.6) is 0 Å². The summed E-state index contributed by atoms with van der Waals surface area (Å²) in [7, 11) is -3.14. The summed E-state index contributed by atoms with van der Waals surface area (Å²) in [5.74, 6) is 0.323. The lowest BCUT2D eigenvalue weighted by molar-refractivity contribution is 0.218. The van der Waals surface area contributed by atoms with Gasteiger partial charge >= 0.3 is 0 Å². The molecule has 0 bridgehead atoms. The number of hydrogen-bond donors (Lipinski definition) is 0. The van der Waals surface area contributed by atoms with Crippen LogP contribution in [0.3, 0.4) is 0 Å². The summed E-state index contributed by atoms with van der Waals surface area (Å²) in [6, 6.07) is 0. The van der Waals surface area contributed by atoms with Gasteiger partial charge in [-0.3, -0.25) is 4.18 Å². The highest BCUT2D eigenvalue weighted by Crippen LogP contribution is 2.20. The van der Waals surface area contributed by atoms with Crippen LogP contribution in [0.1, 0.15) is 13.8 Å². The van der Waals surface area contributed by atoms with E-state index in [9.17, 15) is 8.42 Å². The Kier molecular flexibility index (Phi) is 1.52. The molecule has 2 unspecified atom stereocenters. The molecular weight excluding hydrogens is 140 g/mol. The van der Waals surface area contributed by atoms with Crippen molar-refractivity contribution in [2.45, 2.75) is 20.0 Å². The molecule has 1 rings (SSSR count). The number of rotatable bonds is 0. The predicted octanol–water partition coefficient (Wildman–Crippen LogP) is 0.371. The molecule has 1 aliphatic heterocycles. The third kappa shape index (κ3) is 1.43. The van der Waals surface area contributed by atoms with Gasteiger partial charge in [-0.1, -0.05) is 6.92 Å². The summed E-state index contributed by atoms with van der Waals surface area (Å²) in [5.41, 5.74) is 0. The molecule has 0 saturated carbocycles. The van der Waals surface area contributed by atoms with Gasteiger partial charge < -0.3 is 0 Å². The van der Waals surface area contributed by atoms with Crippen molar-refractivity contribution in [3.8, 4) is 0 Å². The molecule has 0 aromatic carbocycles. The molecule has 0 aromatic rings. The van der Waals surface area contributed by atoms with Crippen LogP contribution in [-0.2, 0) is 14.3 Å². The van der Waals surface area contributed by atoms with Crippen molar-refractivity contribution in [1.82, 2.24) is 0 Å². The summed E-state index contributed by atoms with van der Waals surface area (Å²) in [5, 5.41) is 0. The Balaban J connectivity index is 2.77. The van der Waals surface area contributed by atoms with Gasteiger partial charge in [-0.2, -0.15) is 8.42 Å². The first-order valence-corrected chi connectivity index (χ1v) is 4.50. The van der Waals surface area contributed by atoms with Gasteiger partial charge in [-0.05, 0) is 12.8 Å². The topological polar surface area (TPSA) is 43.4 Å². The summed E-state index contributed by atoms with van der Waals surface area (Å²) in [4.78, 5) is 0. The third-order valence-electron chi connectivity index (χ3n) is 1.57. The summed E-state index contributed by atoms with van der Waals surface area (Å²) >= 11 is 0. The van der Waals surface area contributed by atoms with E-state index in [0.29, 0.717) is 0 Å². The van der Waals surface area contributed by atoms with Crippen LogP contribution in [0.4, 0.5) is 0 Å². The van der Waals surface area contributed by atoms with Crippen molar-refractivity contribution in [3.63, 3.8) is 0 Å². The Morgan fingerprint density at radius 3 is 2.11 bits per heavy atom. The van der Waals surface area contributed by atoms with Gasteiger partial charge in [0.05, 0.1) is 11.9 Å². The Labute approximate surface area is 55.1 Å². The molecule has 54 valence electrons. The van der Waals surface area contributed by atoms with Crippen LogP contribution < -0.4 is 0 Å². The average molecular weight is 150 g/mol. The molecule has 1 fully saturated rings. The first-order chi connectivity index (χ1) is 4.01. The van der Waals surface area contributed by atoms with Gasteiger partial charge in [0.15, 0.2) is 0 Å². The van der Waals surface area contributed by atoms with Gasteiger partial charge in [0, 0.05) is 0 Å². The van der Waals surface area contributed by atoms with E-state index in [1.807, 2.05) is 6.92 Å². The lowest BCUT2D eigenvalue weighted by Crippen LogP contribution is -2.07. The Morgan fingerprint density at radius 1 is 1.44 bits per heavy atom. The second-order valence-electron chi connectivity index (χ2n) is 2.50. The lowest BCUT2D eigenvalue weighted by Gasteiger charge is -2.01. The predicted molar refractivity (Wildman–Crippen MR) is 33.5 cm³/mol. The molecule has 1 heterocycles. The smallest absolute Gasteiger partial charge is 0.267 e. The molecule has 0 radical (unpaired) electrons. The Hall–Kier alpha value is -0.0900. The largest absolute Gasteiger partial charge is 0.267 e. The van der Waals surface area contributed by atoms with Gasteiger partial charge in [0.1, 0.15) is 0 Å². The molecule has 0 aliphatic carbocycles. The Morgan fingerprint density at radius 2 is 2.00 bits per heavy atom. The standard InChI is InChI=1S/C5H10O3S/c1-4-3-9(6,7)8-5(4)2/h4-5H,3H2,1-2H3. The maximum absolute atomic E-state index is 10.6. The van der Waals surface area contributed by atoms with E-state index in [0.717, 1.165) is 0 Å². The molecule has 1 saturated heterocycles. The molecular formula is C5H10O3S. The maximum atomic E-state index is 10.6. The lowest BCUT2D eigenvalue weighted by atomic mass is 10.1. The molecule has 9 heavy (non-hydrogen) atoms. The van der Waals surface area contributed by atoms with Crippen molar-refractivity contribution in [1.29, 1.82) is 0 Å². The molecule has 0 spiro atoms. The van der Waals surface area contributed by atoms with Crippen molar-refractivity contribution in [3.05, 3.63) is 0 Å². The van der Waals surface area contributed by atoms with E-state index >= 15 is 0 Å². The van der Waals surface area contributed by atoms with Crippen molar-refractivity contribution in [2.24, 2.45) is 5.92 Å². The van der Waals surface area contributed by atoms with E-state index in [4.69, 9.17) is 0 Å². The van der Waals surface area contributed by atoms with E-state index in [-0.39, 0.29) is 17.8 Å². The molecule has 4 heteroatoms. The van der Waals surface area contributed by atoms with Crippen LogP contribution in [-0.4, -0.2) is 20.3 Å². The number of hydrogen-bond acceptors (Lipinski definition) is 3. The zero-order valence-electron chi connectivity index (χ0n) is 5.49.